The normalized spacial score (nSPS) is 11.2. The Bertz CT molecular complexity index is 808. The molecule has 28 heavy (non-hydrogen) atoms. The summed E-state index contributed by atoms with van der Waals surface area (Å²) in [6.07, 6.45) is -3.92. The molecule has 0 heterocycles. The lowest BCUT2D eigenvalue weighted by Gasteiger charge is -2.18. The van der Waals surface area contributed by atoms with E-state index in [1.165, 1.54) is 30.2 Å². The Labute approximate surface area is 160 Å². The molecule has 4 nitrogen and oxygen atoms in total. The van der Waals surface area contributed by atoms with Crippen molar-refractivity contribution in [3.8, 4) is 11.5 Å². The van der Waals surface area contributed by atoms with Gasteiger partial charge in [-0.1, -0.05) is 24.3 Å². The number of halogens is 4. The largest absolute Gasteiger partial charge is 0.493 e. The van der Waals surface area contributed by atoms with Crippen molar-refractivity contribution in [2.45, 2.75) is 25.6 Å². The maximum atomic E-state index is 13.7. The number of methoxy groups -OCH3 is 1. The van der Waals surface area contributed by atoms with Crippen LogP contribution in [0.1, 0.15) is 17.5 Å². The molecule has 1 amide bonds. The molecule has 0 saturated heterocycles. The van der Waals surface area contributed by atoms with E-state index in [0.717, 1.165) is 0 Å². The summed E-state index contributed by atoms with van der Waals surface area (Å²) in [7, 11) is 2.91. The molecule has 2 aromatic rings. The molecule has 0 bridgehead atoms. The first-order valence-corrected chi connectivity index (χ1v) is 8.53. The van der Waals surface area contributed by atoms with Gasteiger partial charge in [-0.2, -0.15) is 13.2 Å². The van der Waals surface area contributed by atoms with Crippen molar-refractivity contribution in [2.24, 2.45) is 0 Å². The van der Waals surface area contributed by atoms with Crippen LogP contribution in [0.2, 0.25) is 0 Å². The third kappa shape index (κ3) is 6.44. The van der Waals surface area contributed by atoms with Gasteiger partial charge in [0, 0.05) is 25.6 Å². The standard InChI is InChI=1S/C20H21F4NO3/c1-25(12-15-5-3-4-6-16(15)21)19(26)10-8-14-7-9-17(18(11-14)27-2)28-13-20(22,23)24/h3-7,9,11H,8,10,12-13H2,1-2H3. The molecule has 0 N–H and O–H groups in total. The second-order valence-corrected chi connectivity index (χ2v) is 6.23. The van der Waals surface area contributed by atoms with Gasteiger partial charge < -0.3 is 14.4 Å². The van der Waals surface area contributed by atoms with E-state index in [1.807, 2.05) is 0 Å². The maximum absolute atomic E-state index is 13.7. The lowest BCUT2D eigenvalue weighted by molar-refractivity contribution is -0.153. The van der Waals surface area contributed by atoms with Gasteiger partial charge in [0.2, 0.25) is 5.91 Å². The Hall–Kier alpha value is -2.77. The zero-order valence-corrected chi connectivity index (χ0v) is 15.6. The summed E-state index contributed by atoms with van der Waals surface area (Å²) in [5.41, 5.74) is 1.13. The molecule has 0 aliphatic heterocycles. The molecule has 0 aromatic heterocycles. The lowest BCUT2D eigenvalue weighted by atomic mass is 10.1. The van der Waals surface area contributed by atoms with E-state index < -0.39 is 12.8 Å². The van der Waals surface area contributed by atoms with Gasteiger partial charge in [0.1, 0.15) is 5.82 Å². The first-order valence-electron chi connectivity index (χ1n) is 8.53. The predicted molar refractivity (Wildman–Crippen MR) is 95.7 cm³/mol. The molecule has 2 aromatic carbocycles. The van der Waals surface area contributed by atoms with Gasteiger partial charge in [-0.25, -0.2) is 4.39 Å². The molecule has 2 rings (SSSR count). The van der Waals surface area contributed by atoms with Crippen molar-refractivity contribution < 1.29 is 31.8 Å². The van der Waals surface area contributed by atoms with Crippen molar-refractivity contribution in [3.63, 3.8) is 0 Å². The van der Waals surface area contributed by atoms with Crippen molar-refractivity contribution >= 4 is 5.91 Å². The number of rotatable bonds is 8. The van der Waals surface area contributed by atoms with Crippen LogP contribution in [-0.2, 0) is 17.8 Å². The summed E-state index contributed by atoms with van der Waals surface area (Å²) in [4.78, 5) is 13.7. The summed E-state index contributed by atoms with van der Waals surface area (Å²) in [5, 5.41) is 0. The van der Waals surface area contributed by atoms with Crippen molar-refractivity contribution in [1.29, 1.82) is 0 Å². The van der Waals surface area contributed by atoms with E-state index >= 15 is 0 Å². The average Bonchev–Trinajstić information content (AvgIpc) is 2.65. The molecule has 0 radical (unpaired) electrons. The predicted octanol–water partition coefficient (Wildman–Crippen LogP) is 4.37. The first-order chi connectivity index (χ1) is 13.2. The van der Waals surface area contributed by atoms with Gasteiger partial charge in [-0.15, -0.1) is 0 Å². The highest BCUT2D eigenvalue weighted by Gasteiger charge is 2.29. The number of hydrogen-bond acceptors (Lipinski definition) is 3. The lowest BCUT2D eigenvalue weighted by Crippen LogP contribution is -2.26. The summed E-state index contributed by atoms with van der Waals surface area (Å²) in [6.45, 7) is -1.26. The highest BCUT2D eigenvalue weighted by atomic mass is 19.4. The van der Waals surface area contributed by atoms with Gasteiger partial charge in [0.25, 0.3) is 0 Å². The van der Waals surface area contributed by atoms with E-state index in [9.17, 15) is 22.4 Å². The second-order valence-electron chi connectivity index (χ2n) is 6.23. The van der Waals surface area contributed by atoms with E-state index in [-0.39, 0.29) is 36.2 Å². The number of benzene rings is 2. The van der Waals surface area contributed by atoms with E-state index in [1.54, 1.807) is 31.3 Å². The minimum Gasteiger partial charge on any atom is -0.493 e. The van der Waals surface area contributed by atoms with Gasteiger partial charge in [0.05, 0.1) is 7.11 Å². The molecular formula is C20H21F4NO3. The second kappa shape index (κ2) is 9.43. The zero-order chi connectivity index (χ0) is 20.7. The summed E-state index contributed by atoms with van der Waals surface area (Å²) < 4.78 is 60.4. The fourth-order valence-electron chi connectivity index (χ4n) is 2.56. The monoisotopic (exact) mass is 399 g/mol. The highest BCUT2D eigenvalue weighted by Crippen LogP contribution is 2.30. The van der Waals surface area contributed by atoms with Gasteiger partial charge in [-0.3, -0.25) is 4.79 Å². The van der Waals surface area contributed by atoms with Gasteiger partial charge >= 0.3 is 6.18 Å². The number of amides is 1. The number of aryl methyl sites for hydroxylation is 1. The minimum atomic E-state index is -4.45. The Balaban J connectivity index is 1.94. The summed E-state index contributed by atoms with van der Waals surface area (Å²) >= 11 is 0. The number of carbonyl (C=O) groups is 1. The number of carbonyl (C=O) groups excluding carboxylic acids is 1. The van der Waals surface area contributed by atoms with E-state index in [0.29, 0.717) is 17.5 Å². The molecule has 0 fully saturated rings. The van der Waals surface area contributed by atoms with Crippen molar-refractivity contribution in [3.05, 3.63) is 59.4 Å². The average molecular weight is 399 g/mol. The molecule has 0 unspecified atom stereocenters. The van der Waals surface area contributed by atoms with Crippen LogP contribution in [0.25, 0.3) is 0 Å². The SMILES string of the molecule is COc1cc(CCC(=O)N(C)Cc2ccccc2F)ccc1OCC(F)(F)F. The van der Waals surface area contributed by atoms with Crippen molar-refractivity contribution in [1.82, 2.24) is 4.90 Å². The molecule has 0 atom stereocenters. The van der Waals surface area contributed by atoms with E-state index in [4.69, 9.17) is 9.47 Å². The van der Waals surface area contributed by atoms with Crippen LogP contribution in [0.3, 0.4) is 0 Å². The number of alkyl halides is 3. The topological polar surface area (TPSA) is 38.8 Å². The van der Waals surface area contributed by atoms with Crippen LogP contribution < -0.4 is 9.47 Å². The fraction of sp³-hybridized carbons (Fsp3) is 0.350. The molecule has 8 heteroatoms. The van der Waals surface area contributed by atoms with Crippen molar-refractivity contribution in [2.75, 3.05) is 20.8 Å². The summed E-state index contributed by atoms with van der Waals surface area (Å²) in [5.74, 6) is -0.415. The Kier molecular flexibility index (Phi) is 7.25. The quantitative estimate of drug-likeness (QED) is 0.619. The van der Waals surface area contributed by atoms with Crippen LogP contribution in [0.4, 0.5) is 17.6 Å². The maximum Gasteiger partial charge on any atom is 0.422 e. The number of ether oxygens (including phenoxy) is 2. The smallest absolute Gasteiger partial charge is 0.422 e. The number of nitrogens with zero attached hydrogens (tertiary/aromatic N) is 1. The third-order valence-corrected chi connectivity index (χ3v) is 4.04. The first kappa shape index (κ1) is 21.5. The molecule has 0 aliphatic carbocycles. The third-order valence-electron chi connectivity index (χ3n) is 4.04. The van der Waals surface area contributed by atoms with Crippen LogP contribution in [-0.4, -0.2) is 37.7 Å². The van der Waals surface area contributed by atoms with Gasteiger partial charge in [0.15, 0.2) is 18.1 Å². The van der Waals surface area contributed by atoms with Crippen LogP contribution >= 0.6 is 0 Å². The minimum absolute atomic E-state index is 0.0217. The number of hydrogen-bond donors (Lipinski definition) is 0. The van der Waals surface area contributed by atoms with Gasteiger partial charge in [-0.05, 0) is 30.2 Å². The Morgan fingerprint density at radius 2 is 1.82 bits per heavy atom. The Morgan fingerprint density at radius 1 is 1.11 bits per heavy atom. The zero-order valence-electron chi connectivity index (χ0n) is 15.6. The van der Waals surface area contributed by atoms with E-state index in [2.05, 4.69) is 0 Å². The fourth-order valence-corrected chi connectivity index (χ4v) is 2.56. The highest BCUT2D eigenvalue weighted by molar-refractivity contribution is 5.76. The molecular weight excluding hydrogens is 378 g/mol. The Morgan fingerprint density at radius 3 is 2.46 bits per heavy atom. The van der Waals surface area contributed by atoms with Crippen LogP contribution in [0, 0.1) is 5.82 Å². The molecule has 0 spiro atoms. The van der Waals surface area contributed by atoms with Crippen LogP contribution in [0.15, 0.2) is 42.5 Å². The van der Waals surface area contributed by atoms with Crippen LogP contribution in [0.5, 0.6) is 11.5 Å². The summed E-state index contributed by atoms with van der Waals surface area (Å²) in [6, 6.07) is 10.7. The molecule has 0 aliphatic rings. The molecule has 0 saturated carbocycles. The molecule has 152 valence electrons.